The largest absolute Gasteiger partial charge is 0.460 e. The van der Waals surface area contributed by atoms with Crippen molar-refractivity contribution in [1.29, 1.82) is 0 Å². The maximum absolute atomic E-state index is 6.26. The highest BCUT2D eigenvalue weighted by Crippen LogP contribution is 2.32. The fourth-order valence-corrected chi connectivity index (χ4v) is 5.01. The molecular formula is C30H29N9O2. The van der Waals surface area contributed by atoms with Gasteiger partial charge in [-0.25, -0.2) is 15.0 Å². The van der Waals surface area contributed by atoms with Gasteiger partial charge in [-0.15, -0.1) is 10.2 Å². The van der Waals surface area contributed by atoms with E-state index in [1.807, 2.05) is 43.3 Å². The molecule has 0 atom stereocenters. The predicted molar refractivity (Wildman–Crippen MR) is 155 cm³/mol. The van der Waals surface area contributed by atoms with Crippen molar-refractivity contribution in [3.8, 4) is 23.0 Å². The van der Waals surface area contributed by atoms with Gasteiger partial charge in [0.1, 0.15) is 42.1 Å². The summed E-state index contributed by atoms with van der Waals surface area (Å²) in [6.07, 6.45) is 4.79. The Kier molecular flexibility index (Phi) is 6.50. The van der Waals surface area contributed by atoms with Crippen molar-refractivity contribution >= 4 is 28.1 Å². The summed E-state index contributed by atoms with van der Waals surface area (Å²) < 4.78 is 14.0. The molecule has 0 radical (unpaired) electrons. The van der Waals surface area contributed by atoms with E-state index in [4.69, 9.17) is 9.15 Å². The first-order valence-electron chi connectivity index (χ1n) is 13.5. The van der Waals surface area contributed by atoms with Gasteiger partial charge in [0.15, 0.2) is 5.65 Å². The SMILES string of the molecule is Cc1cc(Nc2ncnc3ccc(-c4ccc(CN5CCN(C)CC5)o4)cc23)ccc1Oc1cc2nncn2cn1. The Hall–Kier alpha value is -4.87. The molecule has 0 saturated carbocycles. The van der Waals surface area contributed by atoms with Crippen LogP contribution in [0, 0.1) is 6.92 Å². The fraction of sp³-hybridized carbons (Fsp3) is 0.233. The third-order valence-electron chi connectivity index (χ3n) is 7.37. The molecule has 7 rings (SSSR count). The molecule has 1 aliphatic rings. The zero-order valence-electron chi connectivity index (χ0n) is 22.9. The smallest absolute Gasteiger partial charge is 0.224 e. The first-order valence-corrected chi connectivity index (χ1v) is 13.5. The van der Waals surface area contributed by atoms with Crippen LogP contribution in [0.15, 0.2) is 78.0 Å². The van der Waals surface area contributed by atoms with Crippen LogP contribution in [0.4, 0.5) is 11.5 Å². The van der Waals surface area contributed by atoms with Gasteiger partial charge < -0.3 is 19.4 Å². The van der Waals surface area contributed by atoms with E-state index in [0.717, 1.165) is 72.0 Å². The third kappa shape index (κ3) is 5.32. The summed E-state index contributed by atoms with van der Waals surface area (Å²) in [6.45, 7) is 7.08. The van der Waals surface area contributed by atoms with Gasteiger partial charge in [0, 0.05) is 48.9 Å². The Morgan fingerprint density at radius 1 is 0.927 bits per heavy atom. The lowest BCUT2D eigenvalue weighted by molar-refractivity contribution is 0.140. The molecule has 4 aromatic heterocycles. The van der Waals surface area contributed by atoms with E-state index >= 15 is 0 Å². The predicted octanol–water partition coefficient (Wildman–Crippen LogP) is 4.92. The summed E-state index contributed by atoms with van der Waals surface area (Å²) in [6, 6.07) is 17.9. The second kappa shape index (κ2) is 10.6. The lowest BCUT2D eigenvalue weighted by Gasteiger charge is -2.31. The highest BCUT2D eigenvalue weighted by atomic mass is 16.5. The summed E-state index contributed by atoms with van der Waals surface area (Å²) in [4.78, 5) is 18.1. The number of anilines is 2. The number of benzene rings is 2. The van der Waals surface area contributed by atoms with E-state index in [9.17, 15) is 0 Å². The lowest BCUT2D eigenvalue weighted by atomic mass is 10.1. The van der Waals surface area contributed by atoms with Gasteiger partial charge in [-0.2, -0.15) is 0 Å². The maximum atomic E-state index is 6.26. The molecule has 0 amide bonds. The maximum Gasteiger partial charge on any atom is 0.224 e. The number of nitrogens with one attached hydrogen (secondary N) is 1. The Morgan fingerprint density at radius 2 is 1.83 bits per heavy atom. The minimum atomic E-state index is 0.452. The molecule has 5 heterocycles. The average molecular weight is 548 g/mol. The quantitative estimate of drug-likeness (QED) is 0.296. The molecule has 6 aromatic rings. The Bertz CT molecular complexity index is 1840. The van der Waals surface area contributed by atoms with Gasteiger partial charge in [-0.3, -0.25) is 9.30 Å². The number of ether oxygens (including phenoxy) is 1. The number of aryl methyl sites for hydroxylation is 1. The highest BCUT2D eigenvalue weighted by molar-refractivity contribution is 5.93. The van der Waals surface area contributed by atoms with Crippen LogP contribution in [0.2, 0.25) is 0 Å². The number of piperazine rings is 1. The molecule has 41 heavy (non-hydrogen) atoms. The zero-order valence-corrected chi connectivity index (χ0v) is 22.9. The number of fused-ring (bicyclic) bond motifs is 2. The molecule has 1 saturated heterocycles. The normalized spacial score (nSPS) is 14.6. The second-order valence-electron chi connectivity index (χ2n) is 10.3. The molecule has 1 N–H and O–H groups in total. The van der Waals surface area contributed by atoms with E-state index in [2.05, 4.69) is 59.4 Å². The number of aromatic nitrogens is 6. The molecule has 0 bridgehead atoms. The second-order valence-corrected chi connectivity index (χ2v) is 10.3. The molecule has 11 heteroatoms. The van der Waals surface area contributed by atoms with Crippen molar-refractivity contribution in [3.05, 3.63) is 84.9 Å². The number of nitrogens with zero attached hydrogens (tertiary/aromatic N) is 8. The van der Waals surface area contributed by atoms with Gasteiger partial charge in [-0.1, -0.05) is 0 Å². The Morgan fingerprint density at radius 3 is 2.71 bits per heavy atom. The minimum absolute atomic E-state index is 0.452. The average Bonchev–Trinajstić information content (AvgIpc) is 3.65. The first kappa shape index (κ1) is 25.1. The number of likely N-dealkylation sites (N-methyl/N-ethyl adjacent to an activating group) is 1. The Balaban J connectivity index is 1.10. The van der Waals surface area contributed by atoms with Crippen LogP contribution in [-0.4, -0.2) is 72.6 Å². The molecule has 206 valence electrons. The van der Waals surface area contributed by atoms with Crippen molar-refractivity contribution in [2.75, 3.05) is 38.5 Å². The van der Waals surface area contributed by atoms with Crippen LogP contribution in [-0.2, 0) is 6.54 Å². The standard InChI is InChI=1S/C30H29N9O2/c1-20-13-22(4-7-26(20)41-29-15-28-36-34-19-39(28)18-33-29)35-30-24-14-21(3-6-25(24)31-17-32-30)27-8-5-23(40-27)16-38-11-9-37(2)10-12-38/h3-8,13-15,17-19H,9-12,16H2,1-2H3,(H,31,32,35). The minimum Gasteiger partial charge on any atom is -0.460 e. The molecule has 1 aliphatic heterocycles. The summed E-state index contributed by atoms with van der Waals surface area (Å²) in [5.74, 6) is 3.68. The van der Waals surface area contributed by atoms with Gasteiger partial charge in [0.25, 0.3) is 0 Å². The summed E-state index contributed by atoms with van der Waals surface area (Å²) in [5.41, 5.74) is 4.33. The zero-order chi connectivity index (χ0) is 27.8. The first-order chi connectivity index (χ1) is 20.1. The molecular weight excluding hydrogens is 518 g/mol. The number of hydrogen-bond acceptors (Lipinski definition) is 10. The lowest BCUT2D eigenvalue weighted by Crippen LogP contribution is -2.43. The van der Waals surface area contributed by atoms with Crippen molar-refractivity contribution in [1.82, 2.24) is 39.3 Å². The summed E-state index contributed by atoms with van der Waals surface area (Å²) in [5, 5.41) is 12.3. The fourth-order valence-electron chi connectivity index (χ4n) is 5.01. The van der Waals surface area contributed by atoms with Gasteiger partial charge >= 0.3 is 0 Å². The van der Waals surface area contributed by atoms with Crippen molar-refractivity contribution in [3.63, 3.8) is 0 Å². The van der Waals surface area contributed by atoms with Crippen molar-refractivity contribution in [2.45, 2.75) is 13.5 Å². The topological polar surface area (TPSA) is 110 Å². The van der Waals surface area contributed by atoms with Crippen LogP contribution >= 0.6 is 0 Å². The van der Waals surface area contributed by atoms with Gasteiger partial charge in [-0.05, 0) is 68.1 Å². The van der Waals surface area contributed by atoms with Crippen molar-refractivity contribution in [2.24, 2.45) is 0 Å². The number of hydrogen-bond donors (Lipinski definition) is 1. The molecule has 0 spiro atoms. The highest BCUT2D eigenvalue weighted by Gasteiger charge is 2.16. The number of rotatable bonds is 7. The summed E-state index contributed by atoms with van der Waals surface area (Å²) in [7, 11) is 2.17. The molecule has 0 aliphatic carbocycles. The van der Waals surface area contributed by atoms with Gasteiger partial charge in [0.2, 0.25) is 5.88 Å². The third-order valence-corrected chi connectivity index (χ3v) is 7.37. The van der Waals surface area contributed by atoms with Crippen molar-refractivity contribution < 1.29 is 9.15 Å². The molecule has 11 nitrogen and oxygen atoms in total. The van der Waals surface area contributed by atoms with Crippen LogP contribution < -0.4 is 10.1 Å². The van der Waals surface area contributed by atoms with Gasteiger partial charge in [0.05, 0.1) is 12.1 Å². The van der Waals surface area contributed by atoms with E-state index < -0.39 is 0 Å². The van der Waals surface area contributed by atoms with E-state index in [1.165, 1.54) is 0 Å². The summed E-state index contributed by atoms with van der Waals surface area (Å²) >= 11 is 0. The van der Waals surface area contributed by atoms with E-state index in [-0.39, 0.29) is 0 Å². The van der Waals surface area contributed by atoms with E-state index in [1.54, 1.807) is 29.4 Å². The van der Waals surface area contributed by atoms with Crippen LogP contribution in [0.5, 0.6) is 11.6 Å². The van der Waals surface area contributed by atoms with Crippen LogP contribution in [0.25, 0.3) is 27.9 Å². The molecule has 2 aromatic carbocycles. The van der Waals surface area contributed by atoms with Crippen LogP contribution in [0.1, 0.15) is 11.3 Å². The monoisotopic (exact) mass is 547 g/mol. The van der Waals surface area contributed by atoms with E-state index in [0.29, 0.717) is 23.1 Å². The van der Waals surface area contributed by atoms with Crippen LogP contribution in [0.3, 0.4) is 0 Å². The molecule has 1 fully saturated rings. The Labute approximate surface area is 236 Å². The number of furan rings is 1. The molecule has 0 unspecified atom stereocenters.